The van der Waals surface area contributed by atoms with Crippen LogP contribution in [-0.2, 0) is 21.3 Å². The summed E-state index contributed by atoms with van der Waals surface area (Å²) < 4.78 is 39.1. The minimum Gasteiger partial charge on any atom is -0.484 e. The molecule has 186 valence electrons. The van der Waals surface area contributed by atoms with Crippen molar-refractivity contribution in [2.75, 3.05) is 5.75 Å². The zero-order valence-corrected chi connectivity index (χ0v) is 22.6. The van der Waals surface area contributed by atoms with Gasteiger partial charge in [0.05, 0.1) is 21.8 Å². The number of aldehydes is 1. The van der Waals surface area contributed by atoms with E-state index in [2.05, 4.69) is 15.9 Å². The van der Waals surface area contributed by atoms with Crippen LogP contribution in [0.25, 0.3) is 0 Å². The number of fused-ring (bicyclic) bond motifs is 3. The maximum Gasteiger partial charge on any atom is 0.310 e. The average Bonchev–Trinajstić information content (AvgIpc) is 3.35. The number of ether oxygens (including phenoxy) is 1. The first kappa shape index (κ1) is 24.8. The molecule has 0 spiro atoms. The number of carbonyl (C=O) groups excluding carboxylic acids is 2. The Bertz CT molecular complexity index is 1340. The van der Waals surface area contributed by atoms with Crippen molar-refractivity contribution in [3.05, 3.63) is 56.5 Å². The van der Waals surface area contributed by atoms with E-state index in [4.69, 9.17) is 20.5 Å². The highest BCUT2D eigenvalue weighted by molar-refractivity contribution is 9.10. The van der Waals surface area contributed by atoms with Gasteiger partial charge < -0.3 is 8.92 Å². The molecule has 2 aromatic rings. The van der Waals surface area contributed by atoms with E-state index in [1.165, 1.54) is 12.1 Å². The van der Waals surface area contributed by atoms with Crippen LogP contribution in [0.2, 0.25) is 5.02 Å². The SMILES string of the molecule is CC1(C)[C@@H]2CCC1(CS(=O)(=O)Oc1cc(O[C@H]3CCc4c(Br)cccc43)c(Cl)cc1C=O)C(=O)C2. The lowest BCUT2D eigenvalue weighted by Gasteiger charge is -2.35. The van der Waals surface area contributed by atoms with Crippen molar-refractivity contribution in [2.45, 2.75) is 52.1 Å². The standard InChI is InChI=1S/C26H26BrClO6S/c1-25(2)16-8-9-26(25,24(30)11-16)14-35(31,32)34-22-12-23(20(28)10-15(22)13-29)33-21-7-6-17-18(21)4-3-5-19(17)27/h3-5,10,12-13,16,21H,6-9,11,14H2,1-2H3/t16-,21+,26?/m1/s1. The molecule has 1 unspecified atom stereocenters. The van der Waals surface area contributed by atoms with Gasteiger partial charge in [-0.05, 0) is 60.3 Å². The smallest absolute Gasteiger partial charge is 0.310 e. The Morgan fingerprint density at radius 3 is 2.63 bits per heavy atom. The first-order valence-corrected chi connectivity index (χ1v) is 14.4. The van der Waals surface area contributed by atoms with Crippen LogP contribution in [0.15, 0.2) is 34.8 Å². The molecule has 3 atom stereocenters. The van der Waals surface area contributed by atoms with Crippen LogP contribution in [0, 0.1) is 16.7 Å². The molecule has 2 fully saturated rings. The first-order chi connectivity index (χ1) is 16.5. The molecular weight excluding hydrogens is 556 g/mol. The Morgan fingerprint density at radius 2 is 1.97 bits per heavy atom. The quantitative estimate of drug-likeness (QED) is 0.291. The Labute approximate surface area is 218 Å². The van der Waals surface area contributed by atoms with Gasteiger partial charge in [0, 0.05) is 17.0 Å². The molecule has 0 aromatic heterocycles. The van der Waals surface area contributed by atoms with Crippen LogP contribution in [0.4, 0.5) is 0 Å². The van der Waals surface area contributed by atoms with Crippen molar-refractivity contribution >= 4 is 49.7 Å². The van der Waals surface area contributed by atoms with Gasteiger partial charge in [0.2, 0.25) is 0 Å². The molecule has 0 radical (unpaired) electrons. The van der Waals surface area contributed by atoms with Gasteiger partial charge in [-0.2, -0.15) is 8.42 Å². The summed E-state index contributed by atoms with van der Waals surface area (Å²) in [6, 6.07) is 8.60. The first-order valence-electron chi connectivity index (χ1n) is 11.7. The van der Waals surface area contributed by atoms with Crippen LogP contribution < -0.4 is 8.92 Å². The van der Waals surface area contributed by atoms with Gasteiger partial charge in [-0.15, -0.1) is 0 Å². The van der Waals surface area contributed by atoms with Gasteiger partial charge in [0.1, 0.15) is 17.6 Å². The highest BCUT2D eigenvalue weighted by atomic mass is 79.9. The molecule has 5 rings (SSSR count). The summed E-state index contributed by atoms with van der Waals surface area (Å²) >= 11 is 9.96. The zero-order chi connectivity index (χ0) is 25.2. The summed E-state index contributed by atoms with van der Waals surface area (Å²) in [6.45, 7) is 3.93. The highest BCUT2D eigenvalue weighted by Gasteiger charge is 2.65. The second-order valence-corrected chi connectivity index (χ2v) is 13.2. The van der Waals surface area contributed by atoms with E-state index in [-0.39, 0.29) is 39.9 Å². The largest absolute Gasteiger partial charge is 0.484 e. The fourth-order valence-electron chi connectivity index (χ4n) is 6.23. The Balaban J connectivity index is 1.43. The lowest BCUT2D eigenvalue weighted by Crippen LogP contribution is -2.43. The Kier molecular flexibility index (Phi) is 6.09. The van der Waals surface area contributed by atoms with Crippen LogP contribution in [0.3, 0.4) is 0 Å². The van der Waals surface area contributed by atoms with E-state index in [1.807, 2.05) is 32.0 Å². The molecule has 2 bridgehead atoms. The zero-order valence-electron chi connectivity index (χ0n) is 19.5. The third-order valence-corrected chi connectivity index (χ3v) is 10.7. The molecule has 2 saturated carbocycles. The van der Waals surface area contributed by atoms with Crippen LogP contribution in [-0.4, -0.2) is 26.2 Å². The van der Waals surface area contributed by atoms with Gasteiger partial charge in [0.25, 0.3) is 0 Å². The molecule has 3 aliphatic rings. The second-order valence-electron chi connectivity index (χ2n) is 10.3. The van der Waals surface area contributed by atoms with E-state index < -0.39 is 26.7 Å². The van der Waals surface area contributed by atoms with Gasteiger partial charge in [-0.3, -0.25) is 9.59 Å². The predicted octanol–water partition coefficient (Wildman–Crippen LogP) is 6.09. The molecule has 2 aromatic carbocycles. The summed E-state index contributed by atoms with van der Waals surface area (Å²) in [5, 5.41) is 0.185. The van der Waals surface area contributed by atoms with E-state index in [0.717, 1.165) is 34.9 Å². The fourth-order valence-corrected chi connectivity index (χ4v) is 8.78. The van der Waals surface area contributed by atoms with Crippen molar-refractivity contribution < 1.29 is 26.9 Å². The number of ketones is 1. The topological polar surface area (TPSA) is 86.7 Å². The lowest BCUT2D eigenvalue weighted by atomic mass is 9.70. The normalized spacial score (nSPS) is 26.6. The molecule has 0 saturated heterocycles. The Morgan fingerprint density at radius 1 is 1.20 bits per heavy atom. The summed E-state index contributed by atoms with van der Waals surface area (Å²) in [4.78, 5) is 24.5. The maximum atomic E-state index is 13.2. The molecule has 6 nitrogen and oxygen atoms in total. The van der Waals surface area contributed by atoms with Gasteiger partial charge in [0.15, 0.2) is 12.0 Å². The molecule has 0 heterocycles. The number of hydrogen-bond donors (Lipinski definition) is 0. The third-order valence-electron chi connectivity index (χ3n) is 8.40. The molecular formula is C26H26BrClO6S. The third kappa shape index (κ3) is 4.02. The van der Waals surface area contributed by atoms with Crippen LogP contribution >= 0.6 is 27.5 Å². The molecule has 35 heavy (non-hydrogen) atoms. The van der Waals surface area contributed by atoms with Gasteiger partial charge in [-0.1, -0.05) is 53.5 Å². The van der Waals surface area contributed by atoms with Crippen molar-refractivity contribution in [3.8, 4) is 11.5 Å². The lowest BCUT2D eigenvalue weighted by molar-refractivity contribution is -0.128. The number of hydrogen-bond acceptors (Lipinski definition) is 6. The van der Waals surface area contributed by atoms with Crippen molar-refractivity contribution in [1.82, 2.24) is 0 Å². The summed E-state index contributed by atoms with van der Waals surface area (Å²) in [6.07, 6.45) is 3.55. The number of benzene rings is 2. The average molecular weight is 582 g/mol. The van der Waals surface area contributed by atoms with Gasteiger partial charge >= 0.3 is 10.1 Å². The summed E-state index contributed by atoms with van der Waals surface area (Å²) in [5.41, 5.74) is 0.799. The number of rotatable bonds is 7. The Hall–Kier alpha value is -1.90. The minimum absolute atomic E-state index is 0.000649. The molecule has 0 aliphatic heterocycles. The molecule has 0 N–H and O–H groups in total. The monoisotopic (exact) mass is 580 g/mol. The number of carbonyl (C=O) groups is 2. The van der Waals surface area contributed by atoms with Crippen molar-refractivity contribution in [2.24, 2.45) is 16.7 Å². The minimum atomic E-state index is -4.19. The van der Waals surface area contributed by atoms with E-state index in [1.54, 1.807) is 0 Å². The number of halogens is 2. The van der Waals surface area contributed by atoms with Crippen LogP contribution in [0.1, 0.15) is 67.1 Å². The van der Waals surface area contributed by atoms with Crippen molar-refractivity contribution in [1.29, 1.82) is 0 Å². The fraction of sp³-hybridized carbons (Fsp3) is 0.462. The molecule has 0 amide bonds. The summed E-state index contributed by atoms with van der Waals surface area (Å²) in [7, 11) is -4.19. The highest BCUT2D eigenvalue weighted by Crippen LogP contribution is 2.64. The number of Topliss-reactive ketones (excluding diaryl/α,β-unsaturated/α-hetero) is 1. The van der Waals surface area contributed by atoms with E-state index in [9.17, 15) is 18.0 Å². The van der Waals surface area contributed by atoms with E-state index >= 15 is 0 Å². The molecule has 9 heteroatoms. The molecule has 3 aliphatic carbocycles. The maximum absolute atomic E-state index is 13.2. The van der Waals surface area contributed by atoms with Gasteiger partial charge in [-0.25, -0.2) is 0 Å². The van der Waals surface area contributed by atoms with Crippen molar-refractivity contribution in [3.63, 3.8) is 0 Å². The van der Waals surface area contributed by atoms with E-state index in [0.29, 0.717) is 19.1 Å². The predicted molar refractivity (Wildman–Crippen MR) is 136 cm³/mol. The summed E-state index contributed by atoms with van der Waals surface area (Å²) in [5.74, 6) is -0.172. The van der Waals surface area contributed by atoms with Crippen LogP contribution in [0.5, 0.6) is 11.5 Å². The second kappa shape index (κ2) is 8.60.